The van der Waals surface area contributed by atoms with Gasteiger partial charge >= 0.3 is 0 Å². The summed E-state index contributed by atoms with van der Waals surface area (Å²) < 4.78 is 0. The molecule has 2 rings (SSSR count). The zero-order valence-electron chi connectivity index (χ0n) is 12.7. The van der Waals surface area contributed by atoms with Crippen LogP contribution in [0.1, 0.15) is 34.6 Å². The van der Waals surface area contributed by atoms with Gasteiger partial charge in [0.25, 0.3) is 0 Å². The molecule has 1 aliphatic heterocycles. The third kappa shape index (κ3) is 2.02. The first-order chi connectivity index (χ1) is 9.02. The van der Waals surface area contributed by atoms with Crippen LogP contribution in [-0.4, -0.2) is 40.7 Å². The summed E-state index contributed by atoms with van der Waals surface area (Å²) in [5, 5.41) is 3.05. The van der Waals surface area contributed by atoms with Crippen molar-refractivity contribution in [2.45, 2.75) is 46.2 Å². The Hall–Kier alpha value is -1.43. The maximum Gasteiger partial charge on any atom is 0.239 e. The van der Waals surface area contributed by atoms with E-state index in [2.05, 4.69) is 5.32 Å². The summed E-state index contributed by atoms with van der Waals surface area (Å²) in [6.07, 6.45) is 0. The molecule has 2 aliphatic rings. The molecule has 3 N–H and O–H groups in total. The Balaban J connectivity index is 2.16. The van der Waals surface area contributed by atoms with Gasteiger partial charge < -0.3 is 5.73 Å². The second-order valence-electron chi connectivity index (χ2n) is 7.03. The summed E-state index contributed by atoms with van der Waals surface area (Å²) in [6.45, 7) is 9.25. The Bertz CT molecular complexity index is 462. The number of rotatable bonds is 5. The van der Waals surface area contributed by atoms with Crippen molar-refractivity contribution in [1.82, 2.24) is 10.2 Å². The van der Waals surface area contributed by atoms with Crippen LogP contribution < -0.4 is 11.1 Å². The van der Waals surface area contributed by atoms with Crippen LogP contribution in [0, 0.1) is 17.3 Å². The SMILES string of the molecule is CC(C)NC(C)(CN1C(=O)C2C(C1=O)C2(C)C)C(N)=O. The average molecular weight is 281 g/mol. The van der Waals surface area contributed by atoms with Crippen LogP contribution in [0.2, 0.25) is 0 Å². The first kappa shape index (κ1) is 15.0. The van der Waals surface area contributed by atoms with Crippen molar-refractivity contribution >= 4 is 17.7 Å². The van der Waals surface area contributed by atoms with Gasteiger partial charge in [-0.25, -0.2) is 0 Å². The molecular weight excluding hydrogens is 258 g/mol. The molecule has 1 aliphatic carbocycles. The van der Waals surface area contributed by atoms with Crippen LogP contribution in [0.25, 0.3) is 0 Å². The zero-order valence-corrected chi connectivity index (χ0v) is 12.7. The van der Waals surface area contributed by atoms with Crippen molar-refractivity contribution in [2.75, 3.05) is 6.54 Å². The molecule has 20 heavy (non-hydrogen) atoms. The van der Waals surface area contributed by atoms with Crippen molar-refractivity contribution in [2.24, 2.45) is 23.0 Å². The number of hydrogen-bond acceptors (Lipinski definition) is 4. The van der Waals surface area contributed by atoms with Gasteiger partial charge in [-0.1, -0.05) is 13.8 Å². The predicted molar refractivity (Wildman–Crippen MR) is 73.4 cm³/mol. The number of fused-ring (bicyclic) bond motifs is 1. The van der Waals surface area contributed by atoms with Gasteiger partial charge in [0.2, 0.25) is 17.7 Å². The van der Waals surface area contributed by atoms with Crippen LogP contribution in [0.5, 0.6) is 0 Å². The lowest BCUT2D eigenvalue weighted by molar-refractivity contribution is -0.145. The van der Waals surface area contributed by atoms with Crippen LogP contribution >= 0.6 is 0 Å². The third-order valence-electron chi connectivity index (χ3n) is 4.52. The maximum atomic E-state index is 12.3. The smallest absolute Gasteiger partial charge is 0.239 e. The molecule has 2 fully saturated rings. The molecule has 0 aromatic rings. The number of imide groups is 1. The van der Waals surface area contributed by atoms with Crippen LogP contribution in [0.15, 0.2) is 0 Å². The predicted octanol–water partition coefficient (Wildman–Crippen LogP) is -0.131. The van der Waals surface area contributed by atoms with E-state index in [4.69, 9.17) is 5.73 Å². The summed E-state index contributed by atoms with van der Waals surface area (Å²) in [5.41, 5.74) is 4.10. The van der Waals surface area contributed by atoms with Crippen molar-refractivity contribution in [3.63, 3.8) is 0 Å². The van der Waals surface area contributed by atoms with Crippen LogP contribution in [0.3, 0.4) is 0 Å². The van der Waals surface area contributed by atoms with Gasteiger partial charge in [-0.05, 0) is 26.2 Å². The lowest BCUT2D eigenvalue weighted by Gasteiger charge is -2.34. The van der Waals surface area contributed by atoms with Crippen LogP contribution in [0.4, 0.5) is 0 Å². The molecule has 3 unspecified atom stereocenters. The lowest BCUT2D eigenvalue weighted by atomic mass is 9.98. The fourth-order valence-electron chi connectivity index (χ4n) is 3.31. The molecule has 0 aromatic carbocycles. The lowest BCUT2D eigenvalue weighted by Crippen LogP contribution is -2.62. The second-order valence-corrected chi connectivity index (χ2v) is 7.03. The topological polar surface area (TPSA) is 92.5 Å². The third-order valence-corrected chi connectivity index (χ3v) is 4.52. The molecule has 0 spiro atoms. The molecule has 6 nitrogen and oxygen atoms in total. The molecule has 112 valence electrons. The van der Waals surface area contributed by atoms with Crippen molar-refractivity contribution in [3.8, 4) is 0 Å². The number of nitrogens with one attached hydrogen (secondary N) is 1. The van der Waals surface area contributed by atoms with E-state index in [1.165, 1.54) is 4.90 Å². The minimum absolute atomic E-state index is 0.00125. The normalized spacial score (nSPS) is 30.4. The first-order valence-corrected chi connectivity index (χ1v) is 6.95. The highest BCUT2D eigenvalue weighted by atomic mass is 16.2. The molecule has 0 bridgehead atoms. The van der Waals surface area contributed by atoms with Crippen molar-refractivity contribution in [1.29, 1.82) is 0 Å². The highest BCUT2D eigenvalue weighted by Gasteiger charge is 2.72. The van der Waals surface area contributed by atoms with E-state index < -0.39 is 11.4 Å². The summed E-state index contributed by atoms with van der Waals surface area (Å²) in [7, 11) is 0. The fraction of sp³-hybridized carbons (Fsp3) is 0.786. The van der Waals surface area contributed by atoms with Gasteiger partial charge in [-0.15, -0.1) is 0 Å². The number of nitrogens with two attached hydrogens (primary N) is 1. The van der Waals surface area contributed by atoms with Gasteiger partial charge in [0.05, 0.1) is 18.4 Å². The molecule has 0 aromatic heterocycles. The number of carbonyl (C=O) groups excluding carboxylic acids is 3. The monoisotopic (exact) mass is 281 g/mol. The number of likely N-dealkylation sites (tertiary alicyclic amines) is 1. The minimum Gasteiger partial charge on any atom is -0.368 e. The summed E-state index contributed by atoms with van der Waals surface area (Å²) >= 11 is 0. The Kier molecular flexibility index (Phi) is 3.20. The number of carbonyl (C=O) groups is 3. The van der Waals surface area contributed by atoms with Gasteiger partial charge in [0.15, 0.2) is 0 Å². The van der Waals surface area contributed by atoms with E-state index in [-0.39, 0.29) is 41.7 Å². The van der Waals surface area contributed by atoms with E-state index in [1.807, 2.05) is 27.7 Å². The number of hydrogen-bond donors (Lipinski definition) is 2. The first-order valence-electron chi connectivity index (χ1n) is 6.95. The molecule has 3 amide bonds. The summed E-state index contributed by atoms with van der Waals surface area (Å²) in [6, 6.07) is 0.0197. The Morgan fingerprint density at radius 2 is 1.80 bits per heavy atom. The van der Waals surface area contributed by atoms with Gasteiger partial charge in [-0.2, -0.15) is 0 Å². The Morgan fingerprint density at radius 1 is 1.35 bits per heavy atom. The molecular formula is C14H23N3O3. The van der Waals surface area contributed by atoms with E-state index in [0.717, 1.165) is 0 Å². The standard InChI is InChI=1S/C14H23N3O3/c1-7(2)16-14(5,12(15)20)6-17-10(18)8-9(11(17)19)13(8,3)4/h7-9,16H,6H2,1-5H3,(H2,15,20). The second kappa shape index (κ2) is 4.28. The molecule has 3 atom stereocenters. The summed E-state index contributed by atoms with van der Waals surface area (Å²) in [5.74, 6) is -1.38. The van der Waals surface area contributed by atoms with Crippen LogP contribution in [-0.2, 0) is 14.4 Å². The van der Waals surface area contributed by atoms with E-state index in [1.54, 1.807) is 6.92 Å². The molecule has 1 heterocycles. The van der Waals surface area contributed by atoms with Gasteiger partial charge in [-0.3, -0.25) is 24.6 Å². The number of nitrogens with zero attached hydrogens (tertiary/aromatic N) is 1. The van der Waals surface area contributed by atoms with Gasteiger partial charge in [0, 0.05) is 6.04 Å². The summed E-state index contributed by atoms with van der Waals surface area (Å²) in [4.78, 5) is 37.5. The Labute approximate surface area is 119 Å². The molecule has 6 heteroatoms. The minimum atomic E-state index is -1.10. The number of primary amides is 1. The molecule has 1 saturated carbocycles. The average Bonchev–Trinajstić information content (AvgIpc) is 2.75. The molecule has 0 radical (unpaired) electrons. The quantitative estimate of drug-likeness (QED) is 0.687. The highest BCUT2D eigenvalue weighted by molar-refractivity contribution is 6.10. The van der Waals surface area contributed by atoms with Crippen molar-refractivity contribution in [3.05, 3.63) is 0 Å². The van der Waals surface area contributed by atoms with Crippen molar-refractivity contribution < 1.29 is 14.4 Å². The zero-order chi connectivity index (χ0) is 15.5. The Morgan fingerprint density at radius 3 is 2.15 bits per heavy atom. The molecule has 1 saturated heterocycles. The van der Waals surface area contributed by atoms with E-state index in [0.29, 0.717) is 0 Å². The van der Waals surface area contributed by atoms with E-state index in [9.17, 15) is 14.4 Å². The van der Waals surface area contributed by atoms with Gasteiger partial charge in [0.1, 0.15) is 5.54 Å². The number of piperidine rings is 1. The highest BCUT2D eigenvalue weighted by Crippen LogP contribution is 2.63. The van der Waals surface area contributed by atoms with E-state index >= 15 is 0 Å². The number of amides is 3. The largest absolute Gasteiger partial charge is 0.368 e. The fourth-order valence-corrected chi connectivity index (χ4v) is 3.31. The maximum absolute atomic E-state index is 12.3.